The summed E-state index contributed by atoms with van der Waals surface area (Å²) in [6.07, 6.45) is 3.28. The van der Waals surface area contributed by atoms with E-state index < -0.39 is 5.97 Å². The molecule has 0 aliphatic carbocycles. The van der Waals surface area contributed by atoms with Crippen LogP contribution >= 0.6 is 11.3 Å². The predicted octanol–water partition coefficient (Wildman–Crippen LogP) is 4.98. The molecule has 0 aliphatic rings. The van der Waals surface area contributed by atoms with E-state index in [2.05, 4.69) is 46.8 Å². The largest absolute Gasteiger partial charge is 0.481 e. The van der Waals surface area contributed by atoms with Crippen molar-refractivity contribution in [2.75, 3.05) is 10.6 Å². The highest BCUT2D eigenvalue weighted by molar-refractivity contribution is 7.14. The Morgan fingerprint density at radius 1 is 1.07 bits per heavy atom. The van der Waals surface area contributed by atoms with E-state index >= 15 is 0 Å². The number of amides is 1. The summed E-state index contributed by atoms with van der Waals surface area (Å²) >= 11 is 1.21. The molecule has 3 N–H and O–H groups in total. The van der Waals surface area contributed by atoms with Crippen molar-refractivity contribution in [1.29, 1.82) is 0 Å². The van der Waals surface area contributed by atoms with Gasteiger partial charge in [0.15, 0.2) is 5.13 Å². The molecule has 0 bridgehead atoms. The molecule has 3 rings (SSSR count). The number of unbranched alkanes of at least 4 members (excludes halogenated alkanes) is 1. The van der Waals surface area contributed by atoms with Crippen LogP contribution in [0.25, 0.3) is 0 Å². The minimum atomic E-state index is -0.950. The summed E-state index contributed by atoms with van der Waals surface area (Å²) < 4.78 is 0. The average molecular weight is 424 g/mol. The van der Waals surface area contributed by atoms with Crippen LogP contribution < -0.4 is 10.6 Å². The number of carboxylic acids is 1. The topological polar surface area (TPSA) is 91.3 Å². The molecule has 0 unspecified atom stereocenters. The predicted molar refractivity (Wildman–Crippen MR) is 120 cm³/mol. The number of hydrogen-bond acceptors (Lipinski definition) is 5. The molecule has 0 spiro atoms. The number of aromatic nitrogens is 1. The standard InChI is InChI=1S/C23H25N3O3S/c1-2-3-6-16-7-4-5-8-18(16)14-24-19-11-9-17(10-12-19)22(29)26-23-25-20(15-30-23)13-21(27)28/h4-5,7-12,15,24H,2-3,6,13-14H2,1H3,(H,27,28)(H,25,26,29). The molecule has 0 radical (unpaired) electrons. The number of carboxylic acid groups (broad SMARTS) is 1. The lowest BCUT2D eigenvalue weighted by atomic mass is 10.0. The molecular formula is C23H25N3O3S. The van der Waals surface area contributed by atoms with E-state index in [0.717, 1.165) is 18.7 Å². The molecule has 6 nitrogen and oxygen atoms in total. The highest BCUT2D eigenvalue weighted by Gasteiger charge is 2.11. The fourth-order valence-electron chi connectivity index (χ4n) is 3.05. The van der Waals surface area contributed by atoms with Gasteiger partial charge in [-0.05, 0) is 48.2 Å². The van der Waals surface area contributed by atoms with Crippen LogP contribution in [0.4, 0.5) is 10.8 Å². The number of hydrogen-bond donors (Lipinski definition) is 3. The van der Waals surface area contributed by atoms with Gasteiger partial charge in [-0.2, -0.15) is 0 Å². The van der Waals surface area contributed by atoms with Crippen LogP contribution in [0.15, 0.2) is 53.9 Å². The van der Waals surface area contributed by atoms with Gasteiger partial charge in [-0.15, -0.1) is 11.3 Å². The number of nitrogens with zero attached hydrogens (tertiary/aromatic N) is 1. The first-order chi connectivity index (χ1) is 14.5. The number of aryl methyl sites for hydroxylation is 1. The van der Waals surface area contributed by atoms with Crippen molar-refractivity contribution in [1.82, 2.24) is 4.98 Å². The van der Waals surface area contributed by atoms with Crippen LogP contribution in [0.1, 0.15) is 46.9 Å². The first kappa shape index (κ1) is 21.5. The van der Waals surface area contributed by atoms with Crippen LogP contribution in [0.3, 0.4) is 0 Å². The number of anilines is 2. The van der Waals surface area contributed by atoms with Gasteiger partial charge in [-0.3, -0.25) is 14.9 Å². The molecule has 156 valence electrons. The van der Waals surface area contributed by atoms with Crippen molar-refractivity contribution >= 4 is 34.0 Å². The van der Waals surface area contributed by atoms with Gasteiger partial charge in [-0.25, -0.2) is 4.98 Å². The Bertz CT molecular complexity index is 999. The van der Waals surface area contributed by atoms with E-state index in [0.29, 0.717) is 16.4 Å². The number of benzene rings is 2. The van der Waals surface area contributed by atoms with Crippen LogP contribution in [0, 0.1) is 0 Å². The van der Waals surface area contributed by atoms with Gasteiger partial charge in [0.2, 0.25) is 0 Å². The molecule has 7 heteroatoms. The smallest absolute Gasteiger partial charge is 0.309 e. The second kappa shape index (κ2) is 10.5. The van der Waals surface area contributed by atoms with Crippen LogP contribution in [0.2, 0.25) is 0 Å². The first-order valence-electron chi connectivity index (χ1n) is 9.93. The molecule has 0 atom stereocenters. The fourth-order valence-corrected chi connectivity index (χ4v) is 3.75. The fraction of sp³-hybridized carbons (Fsp3) is 0.261. The van der Waals surface area contributed by atoms with E-state index in [1.54, 1.807) is 17.5 Å². The normalized spacial score (nSPS) is 10.6. The quantitative estimate of drug-likeness (QED) is 0.428. The third-order valence-electron chi connectivity index (χ3n) is 4.65. The summed E-state index contributed by atoms with van der Waals surface area (Å²) in [5.41, 5.74) is 4.54. The Labute approximate surface area is 180 Å². The maximum Gasteiger partial charge on any atom is 0.309 e. The molecule has 2 aromatic carbocycles. The summed E-state index contributed by atoms with van der Waals surface area (Å²) in [4.78, 5) is 27.3. The third-order valence-corrected chi connectivity index (χ3v) is 5.46. The molecule has 1 aromatic heterocycles. The maximum atomic E-state index is 12.4. The van der Waals surface area contributed by atoms with Gasteiger partial charge < -0.3 is 10.4 Å². The van der Waals surface area contributed by atoms with Crippen LogP contribution in [0.5, 0.6) is 0 Å². The van der Waals surface area contributed by atoms with Gasteiger partial charge in [0.1, 0.15) is 0 Å². The van der Waals surface area contributed by atoms with E-state index in [9.17, 15) is 9.59 Å². The van der Waals surface area contributed by atoms with E-state index in [1.807, 2.05) is 12.1 Å². The monoisotopic (exact) mass is 423 g/mol. The molecule has 0 fully saturated rings. The molecule has 0 aliphatic heterocycles. The van der Waals surface area contributed by atoms with Crippen LogP contribution in [-0.4, -0.2) is 22.0 Å². The maximum absolute atomic E-state index is 12.4. The molecule has 30 heavy (non-hydrogen) atoms. The Hall–Kier alpha value is -3.19. The van der Waals surface area contributed by atoms with Crippen molar-refractivity contribution in [2.45, 2.75) is 39.2 Å². The third kappa shape index (κ3) is 6.15. The van der Waals surface area contributed by atoms with Crippen LogP contribution in [-0.2, 0) is 24.2 Å². The molecule has 1 heterocycles. The van der Waals surface area contributed by atoms with Gasteiger partial charge in [-0.1, -0.05) is 37.6 Å². The van der Waals surface area contributed by atoms with Crippen molar-refractivity contribution in [3.63, 3.8) is 0 Å². The van der Waals surface area contributed by atoms with Gasteiger partial charge in [0.05, 0.1) is 12.1 Å². The van der Waals surface area contributed by atoms with Gasteiger partial charge in [0.25, 0.3) is 5.91 Å². The summed E-state index contributed by atoms with van der Waals surface area (Å²) in [6, 6.07) is 15.7. The summed E-state index contributed by atoms with van der Waals surface area (Å²) in [5, 5.41) is 17.0. The highest BCUT2D eigenvalue weighted by Crippen LogP contribution is 2.19. The zero-order chi connectivity index (χ0) is 21.3. The zero-order valence-corrected chi connectivity index (χ0v) is 17.7. The lowest BCUT2D eigenvalue weighted by Crippen LogP contribution is -2.12. The Kier molecular flexibility index (Phi) is 7.57. The Morgan fingerprint density at radius 2 is 1.80 bits per heavy atom. The SMILES string of the molecule is CCCCc1ccccc1CNc1ccc(C(=O)Nc2nc(CC(=O)O)cs2)cc1. The lowest BCUT2D eigenvalue weighted by molar-refractivity contribution is -0.136. The van der Waals surface area contributed by atoms with Crippen molar-refractivity contribution in [2.24, 2.45) is 0 Å². The number of carbonyl (C=O) groups is 2. The van der Waals surface area contributed by atoms with Gasteiger partial charge in [0, 0.05) is 23.2 Å². The second-order valence-electron chi connectivity index (χ2n) is 6.97. The van der Waals surface area contributed by atoms with Crippen molar-refractivity contribution in [3.8, 4) is 0 Å². The number of carbonyl (C=O) groups excluding carboxylic acids is 1. The highest BCUT2D eigenvalue weighted by atomic mass is 32.1. The van der Waals surface area contributed by atoms with E-state index in [-0.39, 0.29) is 12.3 Å². The summed E-state index contributed by atoms with van der Waals surface area (Å²) in [6.45, 7) is 2.93. The average Bonchev–Trinajstić information content (AvgIpc) is 3.17. The molecule has 1 amide bonds. The number of aliphatic carboxylic acids is 1. The number of rotatable bonds is 10. The molecular weight excluding hydrogens is 398 g/mol. The molecule has 0 saturated heterocycles. The number of nitrogens with one attached hydrogen (secondary N) is 2. The minimum Gasteiger partial charge on any atom is -0.481 e. The second-order valence-corrected chi connectivity index (χ2v) is 7.83. The zero-order valence-electron chi connectivity index (χ0n) is 16.9. The van der Waals surface area contributed by atoms with E-state index in [4.69, 9.17) is 5.11 Å². The Morgan fingerprint density at radius 3 is 2.50 bits per heavy atom. The summed E-state index contributed by atoms with van der Waals surface area (Å²) in [7, 11) is 0. The van der Waals surface area contributed by atoms with Crippen molar-refractivity contribution in [3.05, 3.63) is 76.3 Å². The Balaban J connectivity index is 1.56. The minimum absolute atomic E-state index is 0.158. The summed E-state index contributed by atoms with van der Waals surface area (Å²) in [5.74, 6) is -1.23. The van der Waals surface area contributed by atoms with Crippen molar-refractivity contribution < 1.29 is 14.7 Å². The lowest BCUT2D eigenvalue weighted by Gasteiger charge is -2.12. The first-order valence-corrected chi connectivity index (χ1v) is 10.8. The van der Waals surface area contributed by atoms with Gasteiger partial charge >= 0.3 is 5.97 Å². The van der Waals surface area contributed by atoms with E-state index in [1.165, 1.54) is 35.3 Å². The number of thiazole rings is 1. The molecule has 0 saturated carbocycles. The molecule has 3 aromatic rings.